The van der Waals surface area contributed by atoms with Crippen LogP contribution < -0.4 is 11.1 Å². The Bertz CT molecular complexity index is 589. The van der Waals surface area contributed by atoms with E-state index in [1.54, 1.807) is 20.8 Å². The van der Waals surface area contributed by atoms with Crippen LogP contribution in [0.1, 0.15) is 39.2 Å². The normalized spacial score (nSPS) is 19.2. The minimum Gasteiger partial charge on any atom is -0.506 e. The first kappa shape index (κ1) is 16.5. The topological polar surface area (TPSA) is 84.6 Å². The maximum absolute atomic E-state index is 13.1. The summed E-state index contributed by atoms with van der Waals surface area (Å²) in [5.41, 5.74) is 4.61. The predicted octanol–water partition coefficient (Wildman–Crippen LogP) is 3.32. The van der Waals surface area contributed by atoms with E-state index < -0.39 is 36.0 Å². The molecule has 0 unspecified atom stereocenters. The number of hydrogen-bond acceptors (Lipinski definition) is 4. The molecule has 122 valence electrons. The number of benzene rings is 1. The van der Waals surface area contributed by atoms with E-state index in [2.05, 4.69) is 5.32 Å². The molecule has 0 spiro atoms. The van der Waals surface area contributed by atoms with Gasteiger partial charge in [0.15, 0.2) is 0 Å². The lowest BCUT2D eigenvalue weighted by Crippen LogP contribution is -2.55. The second kappa shape index (κ2) is 5.08. The van der Waals surface area contributed by atoms with Gasteiger partial charge in [0.1, 0.15) is 11.4 Å². The molecule has 1 aromatic rings. The van der Waals surface area contributed by atoms with Crippen LogP contribution in [0.3, 0.4) is 0 Å². The van der Waals surface area contributed by atoms with E-state index >= 15 is 0 Å². The van der Waals surface area contributed by atoms with Gasteiger partial charge in [-0.15, -0.1) is 0 Å². The van der Waals surface area contributed by atoms with Crippen molar-refractivity contribution >= 4 is 11.8 Å². The monoisotopic (exact) mass is 314 g/mol. The number of ether oxygens (including phenoxy) is 1. The van der Waals surface area contributed by atoms with E-state index in [4.69, 9.17) is 10.5 Å². The number of phenols is 1. The van der Waals surface area contributed by atoms with Crippen LogP contribution in [0.4, 0.5) is 19.3 Å². The Balaban J connectivity index is 2.16. The van der Waals surface area contributed by atoms with Crippen LogP contribution in [-0.2, 0) is 10.3 Å². The van der Waals surface area contributed by atoms with E-state index in [1.807, 2.05) is 0 Å². The molecule has 0 heterocycles. The highest BCUT2D eigenvalue weighted by atomic mass is 19.3. The molecule has 1 fully saturated rings. The Morgan fingerprint density at radius 3 is 2.45 bits per heavy atom. The molecular weight excluding hydrogens is 294 g/mol. The number of rotatable bonds is 2. The third kappa shape index (κ3) is 3.65. The largest absolute Gasteiger partial charge is 0.506 e. The Morgan fingerprint density at radius 1 is 1.36 bits per heavy atom. The molecule has 5 nitrogen and oxygen atoms in total. The van der Waals surface area contributed by atoms with Crippen molar-refractivity contribution in [2.45, 2.75) is 50.7 Å². The first-order chi connectivity index (χ1) is 9.90. The van der Waals surface area contributed by atoms with Crippen LogP contribution >= 0.6 is 0 Å². The fourth-order valence-corrected chi connectivity index (χ4v) is 2.43. The predicted molar refractivity (Wildman–Crippen MR) is 78.0 cm³/mol. The number of halogens is 2. The summed E-state index contributed by atoms with van der Waals surface area (Å²) in [6.45, 7) is 5.11. The maximum Gasteiger partial charge on any atom is 0.412 e. The van der Waals surface area contributed by atoms with E-state index in [1.165, 1.54) is 18.2 Å². The van der Waals surface area contributed by atoms with Crippen molar-refractivity contribution < 1.29 is 23.4 Å². The lowest BCUT2D eigenvalue weighted by molar-refractivity contribution is -0.125. The summed E-state index contributed by atoms with van der Waals surface area (Å²) in [5, 5.41) is 12.2. The Morgan fingerprint density at radius 2 is 1.95 bits per heavy atom. The number of phenolic OH excluding ortho intramolecular Hbond substituents is 1. The molecule has 0 aromatic heterocycles. The molecule has 0 saturated heterocycles. The highest BCUT2D eigenvalue weighted by Gasteiger charge is 2.55. The third-order valence-electron chi connectivity index (χ3n) is 3.36. The molecule has 0 atom stereocenters. The molecule has 0 radical (unpaired) electrons. The first-order valence-electron chi connectivity index (χ1n) is 6.90. The molecule has 0 aliphatic heterocycles. The second-order valence-electron chi connectivity index (χ2n) is 6.72. The van der Waals surface area contributed by atoms with Gasteiger partial charge in [-0.1, -0.05) is 6.07 Å². The Labute approximate surface area is 127 Å². The van der Waals surface area contributed by atoms with Crippen LogP contribution in [0.15, 0.2) is 18.2 Å². The average Bonchev–Trinajstić information content (AvgIpc) is 2.26. The summed E-state index contributed by atoms with van der Waals surface area (Å²) in [7, 11) is 0. The molecule has 1 aliphatic rings. The summed E-state index contributed by atoms with van der Waals surface area (Å²) in [4.78, 5) is 11.7. The number of carbonyl (C=O) groups is 1. The van der Waals surface area contributed by atoms with Crippen LogP contribution in [0.2, 0.25) is 0 Å². The van der Waals surface area contributed by atoms with E-state index in [0.29, 0.717) is 5.56 Å². The summed E-state index contributed by atoms with van der Waals surface area (Å²) < 4.78 is 31.2. The lowest BCUT2D eigenvalue weighted by Gasteiger charge is -2.45. The second-order valence-corrected chi connectivity index (χ2v) is 6.72. The zero-order chi connectivity index (χ0) is 16.8. The van der Waals surface area contributed by atoms with Crippen molar-refractivity contribution in [3.8, 4) is 5.75 Å². The van der Waals surface area contributed by atoms with Crippen molar-refractivity contribution in [1.82, 2.24) is 0 Å². The smallest absolute Gasteiger partial charge is 0.412 e. The third-order valence-corrected chi connectivity index (χ3v) is 3.36. The van der Waals surface area contributed by atoms with Crippen molar-refractivity contribution in [3.05, 3.63) is 23.8 Å². The number of alkyl halides is 2. The van der Waals surface area contributed by atoms with Crippen molar-refractivity contribution in [1.29, 1.82) is 0 Å². The van der Waals surface area contributed by atoms with Crippen molar-refractivity contribution in [3.63, 3.8) is 0 Å². The van der Waals surface area contributed by atoms with Gasteiger partial charge in [0, 0.05) is 12.8 Å². The van der Waals surface area contributed by atoms with Crippen molar-refractivity contribution in [2.75, 3.05) is 5.32 Å². The zero-order valence-corrected chi connectivity index (χ0v) is 12.7. The fraction of sp³-hybridized carbons (Fsp3) is 0.533. The highest BCUT2D eigenvalue weighted by Crippen LogP contribution is 2.50. The molecule has 0 bridgehead atoms. The summed E-state index contributed by atoms with van der Waals surface area (Å²) in [6, 6.07) is 4.19. The minimum absolute atomic E-state index is 0.0757. The summed E-state index contributed by atoms with van der Waals surface area (Å²) >= 11 is 0. The average molecular weight is 314 g/mol. The molecule has 22 heavy (non-hydrogen) atoms. The molecule has 7 heteroatoms. The lowest BCUT2D eigenvalue weighted by atomic mass is 9.70. The van der Waals surface area contributed by atoms with Gasteiger partial charge in [0.2, 0.25) is 0 Å². The van der Waals surface area contributed by atoms with Crippen LogP contribution in [-0.4, -0.2) is 22.7 Å². The van der Waals surface area contributed by atoms with Crippen LogP contribution in [0, 0.1) is 0 Å². The molecule has 1 saturated carbocycles. The SMILES string of the molecule is CC(C)(C)OC(=O)Nc1cc(C2(N)CC(F)(F)C2)ccc1O. The zero-order valence-electron chi connectivity index (χ0n) is 12.7. The van der Waals surface area contributed by atoms with E-state index in [9.17, 15) is 18.7 Å². The number of anilines is 1. The fourth-order valence-electron chi connectivity index (χ4n) is 2.43. The number of carbonyl (C=O) groups excluding carboxylic acids is 1. The van der Waals surface area contributed by atoms with Gasteiger partial charge in [-0.25, -0.2) is 13.6 Å². The molecular formula is C15H20F2N2O3. The van der Waals surface area contributed by atoms with Gasteiger partial charge in [-0.3, -0.25) is 5.32 Å². The minimum atomic E-state index is -2.77. The summed E-state index contributed by atoms with van der Waals surface area (Å²) in [5.74, 6) is -2.96. The number of aromatic hydroxyl groups is 1. The van der Waals surface area contributed by atoms with Gasteiger partial charge < -0.3 is 15.6 Å². The summed E-state index contributed by atoms with van der Waals surface area (Å²) in [6.07, 6.45) is -1.67. The number of amides is 1. The molecule has 2 rings (SSSR count). The van der Waals surface area contributed by atoms with Crippen molar-refractivity contribution in [2.24, 2.45) is 5.73 Å². The Hall–Kier alpha value is -1.89. The molecule has 1 amide bonds. The van der Waals surface area contributed by atoms with Gasteiger partial charge in [0.05, 0.1) is 11.2 Å². The van der Waals surface area contributed by atoms with Gasteiger partial charge in [-0.05, 0) is 38.5 Å². The quantitative estimate of drug-likeness (QED) is 0.731. The van der Waals surface area contributed by atoms with Gasteiger partial charge in [-0.2, -0.15) is 0 Å². The van der Waals surface area contributed by atoms with Crippen LogP contribution in [0.25, 0.3) is 0 Å². The molecule has 1 aromatic carbocycles. The molecule has 1 aliphatic carbocycles. The number of nitrogens with two attached hydrogens (primary N) is 1. The van der Waals surface area contributed by atoms with Crippen LogP contribution in [0.5, 0.6) is 5.75 Å². The number of hydrogen-bond donors (Lipinski definition) is 3. The first-order valence-corrected chi connectivity index (χ1v) is 6.90. The standard InChI is InChI=1S/C15H20F2N2O3/c1-13(2,3)22-12(21)19-10-6-9(4-5-11(10)20)14(18)7-15(16,17)8-14/h4-6,20H,7-8,18H2,1-3H3,(H,19,21). The number of nitrogens with one attached hydrogen (secondary N) is 1. The van der Waals surface area contributed by atoms with E-state index in [-0.39, 0.29) is 11.4 Å². The molecule has 4 N–H and O–H groups in total. The van der Waals surface area contributed by atoms with Gasteiger partial charge >= 0.3 is 6.09 Å². The Kier molecular flexibility index (Phi) is 3.81. The highest BCUT2D eigenvalue weighted by molar-refractivity contribution is 5.87. The van der Waals surface area contributed by atoms with Gasteiger partial charge in [0.25, 0.3) is 5.92 Å². The van der Waals surface area contributed by atoms with E-state index in [0.717, 1.165) is 0 Å². The maximum atomic E-state index is 13.1.